The first-order chi connectivity index (χ1) is 13.7. The van der Waals surface area contributed by atoms with Gasteiger partial charge in [0, 0.05) is 35.1 Å². The fraction of sp³-hybridized carbons (Fsp3) is 0.136. The van der Waals surface area contributed by atoms with Gasteiger partial charge in [-0.1, -0.05) is 48.9 Å². The summed E-state index contributed by atoms with van der Waals surface area (Å²) in [4.78, 5) is 19.5. The predicted octanol–water partition coefficient (Wildman–Crippen LogP) is 5.11. The molecule has 4 aromatic rings. The Bertz CT molecular complexity index is 1110. The van der Waals surface area contributed by atoms with Gasteiger partial charge in [0.25, 0.3) is 5.91 Å². The number of benzene rings is 2. The summed E-state index contributed by atoms with van der Waals surface area (Å²) in [6.45, 7) is 2.68. The maximum Gasteiger partial charge on any atom is 0.277 e. The van der Waals surface area contributed by atoms with Crippen molar-refractivity contribution < 1.29 is 4.79 Å². The molecular formula is C22H19ClN4O. The molecule has 0 saturated carbocycles. The maximum atomic E-state index is 13.4. The molecule has 2 aromatic heterocycles. The highest BCUT2D eigenvalue weighted by Gasteiger charge is 2.21. The highest BCUT2D eigenvalue weighted by atomic mass is 35.5. The van der Waals surface area contributed by atoms with Crippen molar-refractivity contribution in [1.82, 2.24) is 14.6 Å². The minimum atomic E-state index is -0.105. The van der Waals surface area contributed by atoms with Crippen LogP contribution < -0.4 is 4.90 Å². The molecule has 140 valence electrons. The van der Waals surface area contributed by atoms with Crippen molar-refractivity contribution in [2.24, 2.45) is 0 Å². The Morgan fingerprint density at radius 3 is 2.54 bits per heavy atom. The molecule has 5 nitrogen and oxygen atoms in total. The lowest BCUT2D eigenvalue weighted by atomic mass is 10.2. The summed E-state index contributed by atoms with van der Waals surface area (Å²) in [7, 11) is 0. The third-order valence-corrected chi connectivity index (χ3v) is 4.73. The molecule has 0 aliphatic carbocycles. The van der Waals surface area contributed by atoms with Gasteiger partial charge in [-0.15, -0.1) is 0 Å². The van der Waals surface area contributed by atoms with Crippen molar-refractivity contribution in [3.63, 3.8) is 0 Å². The van der Waals surface area contributed by atoms with Crippen molar-refractivity contribution in [1.29, 1.82) is 0 Å². The van der Waals surface area contributed by atoms with Crippen molar-refractivity contribution in [3.05, 3.63) is 83.6 Å². The van der Waals surface area contributed by atoms with E-state index in [0.717, 1.165) is 23.4 Å². The minimum Gasteiger partial charge on any atom is -0.307 e. The summed E-state index contributed by atoms with van der Waals surface area (Å²) in [6.07, 6.45) is 2.50. The molecule has 0 aliphatic rings. The minimum absolute atomic E-state index is 0.105. The number of halogens is 1. The van der Waals surface area contributed by atoms with E-state index >= 15 is 0 Å². The number of hydrogen-bond donors (Lipinski definition) is 0. The number of hydrogen-bond acceptors (Lipinski definition) is 3. The SMILES string of the molecule is CCCN(C(=O)c1ccnc2cc(-c3ccc(Cl)cc3)nn12)c1ccccc1. The van der Waals surface area contributed by atoms with Gasteiger partial charge in [-0.05, 0) is 36.8 Å². The molecule has 28 heavy (non-hydrogen) atoms. The summed E-state index contributed by atoms with van der Waals surface area (Å²) < 4.78 is 1.61. The van der Waals surface area contributed by atoms with Crippen LogP contribution in [0.3, 0.4) is 0 Å². The molecule has 0 unspecified atom stereocenters. The largest absolute Gasteiger partial charge is 0.307 e. The number of nitrogens with zero attached hydrogens (tertiary/aromatic N) is 4. The number of para-hydroxylation sites is 1. The van der Waals surface area contributed by atoms with Crippen LogP contribution in [0.4, 0.5) is 5.69 Å². The number of aromatic nitrogens is 3. The number of amides is 1. The van der Waals surface area contributed by atoms with Gasteiger partial charge in [0.2, 0.25) is 0 Å². The highest BCUT2D eigenvalue weighted by molar-refractivity contribution is 6.30. The molecule has 2 heterocycles. The van der Waals surface area contributed by atoms with Crippen LogP contribution >= 0.6 is 11.6 Å². The molecule has 4 rings (SSSR count). The lowest BCUT2D eigenvalue weighted by molar-refractivity contribution is 0.0979. The Morgan fingerprint density at radius 1 is 1.07 bits per heavy atom. The van der Waals surface area contributed by atoms with E-state index in [1.165, 1.54) is 0 Å². The maximum absolute atomic E-state index is 13.4. The zero-order chi connectivity index (χ0) is 19.5. The third kappa shape index (κ3) is 3.49. The predicted molar refractivity (Wildman–Crippen MR) is 112 cm³/mol. The number of fused-ring (bicyclic) bond motifs is 1. The first kappa shape index (κ1) is 18.2. The normalized spacial score (nSPS) is 10.9. The van der Waals surface area contributed by atoms with E-state index in [-0.39, 0.29) is 5.91 Å². The van der Waals surface area contributed by atoms with E-state index in [0.29, 0.717) is 22.9 Å². The van der Waals surface area contributed by atoms with Gasteiger partial charge in [-0.25, -0.2) is 9.50 Å². The van der Waals surface area contributed by atoms with Gasteiger partial charge >= 0.3 is 0 Å². The second-order valence-corrected chi connectivity index (χ2v) is 6.87. The molecule has 0 bridgehead atoms. The van der Waals surface area contributed by atoms with E-state index < -0.39 is 0 Å². The van der Waals surface area contributed by atoms with Crippen LogP contribution in [0.1, 0.15) is 23.8 Å². The monoisotopic (exact) mass is 390 g/mol. The first-order valence-electron chi connectivity index (χ1n) is 9.15. The molecule has 0 atom stereocenters. The molecule has 0 radical (unpaired) electrons. The van der Waals surface area contributed by atoms with E-state index in [9.17, 15) is 4.79 Å². The van der Waals surface area contributed by atoms with Crippen LogP contribution in [-0.2, 0) is 0 Å². The van der Waals surface area contributed by atoms with Crippen LogP contribution in [0, 0.1) is 0 Å². The molecule has 0 fully saturated rings. The van der Waals surface area contributed by atoms with Gasteiger partial charge in [-0.3, -0.25) is 4.79 Å². The van der Waals surface area contributed by atoms with Gasteiger partial charge in [0.15, 0.2) is 5.65 Å². The summed E-state index contributed by atoms with van der Waals surface area (Å²) in [6, 6.07) is 20.7. The lowest BCUT2D eigenvalue weighted by Crippen LogP contribution is -2.33. The van der Waals surface area contributed by atoms with Crippen molar-refractivity contribution in [3.8, 4) is 11.3 Å². The van der Waals surface area contributed by atoms with Crippen LogP contribution in [-0.4, -0.2) is 27.0 Å². The summed E-state index contributed by atoms with van der Waals surface area (Å²) in [5.74, 6) is -0.105. The van der Waals surface area contributed by atoms with Crippen molar-refractivity contribution in [2.45, 2.75) is 13.3 Å². The van der Waals surface area contributed by atoms with Crippen LogP contribution in [0.2, 0.25) is 5.02 Å². The third-order valence-electron chi connectivity index (χ3n) is 4.48. The lowest BCUT2D eigenvalue weighted by Gasteiger charge is -2.22. The average molecular weight is 391 g/mol. The first-order valence-corrected chi connectivity index (χ1v) is 9.53. The van der Waals surface area contributed by atoms with Gasteiger partial charge < -0.3 is 4.90 Å². The molecule has 0 spiro atoms. The Kier molecular flexibility index (Phi) is 5.08. The van der Waals surface area contributed by atoms with Gasteiger partial charge in [-0.2, -0.15) is 5.10 Å². The number of anilines is 1. The number of carbonyl (C=O) groups is 1. The Hall–Kier alpha value is -3.18. The highest BCUT2D eigenvalue weighted by Crippen LogP contribution is 2.23. The van der Waals surface area contributed by atoms with E-state index in [1.54, 1.807) is 21.7 Å². The zero-order valence-electron chi connectivity index (χ0n) is 15.4. The number of rotatable bonds is 5. The summed E-state index contributed by atoms with van der Waals surface area (Å²) in [5, 5.41) is 5.30. The van der Waals surface area contributed by atoms with Gasteiger partial charge in [0.1, 0.15) is 5.69 Å². The molecule has 1 amide bonds. The summed E-state index contributed by atoms with van der Waals surface area (Å²) >= 11 is 5.98. The van der Waals surface area contributed by atoms with Crippen LogP contribution in [0.5, 0.6) is 0 Å². The second-order valence-electron chi connectivity index (χ2n) is 6.43. The van der Waals surface area contributed by atoms with Gasteiger partial charge in [0.05, 0.1) is 5.69 Å². The van der Waals surface area contributed by atoms with Crippen molar-refractivity contribution in [2.75, 3.05) is 11.4 Å². The second kappa shape index (κ2) is 7.82. The quantitative estimate of drug-likeness (QED) is 0.476. The smallest absolute Gasteiger partial charge is 0.277 e. The molecule has 0 saturated heterocycles. The molecule has 2 aromatic carbocycles. The molecular weight excluding hydrogens is 372 g/mol. The zero-order valence-corrected chi connectivity index (χ0v) is 16.2. The van der Waals surface area contributed by atoms with E-state index in [2.05, 4.69) is 17.0 Å². The topological polar surface area (TPSA) is 50.5 Å². The standard InChI is InChI=1S/C22H19ClN4O/c1-2-14-26(18-6-4-3-5-7-18)22(28)20-12-13-24-21-15-19(25-27(20)21)16-8-10-17(23)11-9-16/h3-13,15H,2,14H2,1H3. The Morgan fingerprint density at radius 2 is 1.82 bits per heavy atom. The van der Waals surface area contributed by atoms with E-state index in [4.69, 9.17) is 11.6 Å². The van der Waals surface area contributed by atoms with Crippen LogP contribution in [0.15, 0.2) is 72.9 Å². The Labute approximate surface area is 168 Å². The summed E-state index contributed by atoms with van der Waals surface area (Å²) in [5.41, 5.74) is 3.63. The Balaban J connectivity index is 1.77. The van der Waals surface area contributed by atoms with Crippen molar-refractivity contribution >= 4 is 28.8 Å². The fourth-order valence-electron chi connectivity index (χ4n) is 3.14. The fourth-order valence-corrected chi connectivity index (χ4v) is 3.26. The molecule has 6 heteroatoms. The number of carbonyl (C=O) groups excluding carboxylic acids is 1. The molecule has 0 N–H and O–H groups in total. The van der Waals surface area contributed by atoms with Crippen LogP contribution in [0.25, 0.3) is 16.9 Å². The van der Waals surface area contributed by atoms with E-state index in [1.807, 2.05) is 60.7 Å². The molecule has 0 aliphatic heterocycles. The average Bonchev–Trinajstić information content (AvgIpc) is 3.17.